The number of hydrogen-bond donors (Lipinski definition) is 1. The molecular formula is C12H15FO. The Balaban J connectivity index is 2.35. The molecule has 2 atom stereocenters. The van der Waals surface area contributed by atoms with E-state index in [1.54, 1.807) is 6.07 Å². The van der Waals surface area contributed by atoms with Crippen molar-refractivity contribution in [3.05, 3.63) is 35.1 Å². The lowest BCUT2D eigenvalue weighted by Crippen LogP contribution is -2.14. The number of halogens is 1. The Morgan fingerprint density at radius 2 is 2.36 bits per heavy atom. The van der Waals surface area contributed by atoms with Gasteiger partial charge >= 0.3 is 0 Å². The number of rotatable bonds is 2. The third-order valence-corrected chi connectivity index (χ3v) is 3.14. The fourth-order valence-electron chi connectivity index (χ4n) is 2.33. The van der Waals surface area contributed by atoms with E-state index in [9.17, 15) is 9.50 Å². The zero-order chi connectivity index (χ0) is 10.1. The Morgan fingerprint density at radius 1 is 1.57 bits per heavy atom. The summed E-state index contributed by atoms with van der Waals surface area (Å²) in [5.41, 5.74) is 1.82. The van der Waals surface area contributed by atoms with Crippen LogP contribution < -0.4 is 0 Å². The van der Waals surface area contributed by atoms with Crippen molar-refractivity contribution >= 4 is 0 Å². The van der Waals surface area contributed by atoms with Gasteiger partial charge in [0.1, 0.15) is 5.82 Å². The standard InChI is InChI=1S/C12H15FO/c1-2-12(14)10-7-6-9-8(10)4-3-5-11(9)13/h3-5,10,12,14H,2,6-7H2,1H3. The summed E-state index contributed by atoms with van der Waals surface area (Å²) in [4.78, 5) is 0. The van der Waals surface area contributed by atoms with Crippen LogP contribution >= 0.6 is 0 Å². The highest BCUT2D eigenvalue weighted by Crippen LogP contribution is 2.37. The molecule has 2 unspecified atom stereocenters. The monoisotopic (exact) mass is 194 g/mol. The lowest BCUT2D eigenvalue weighted by atomic mass is 9.94. The van der Waals surface area contributed by atoms with Crippen molar-refractivity contribution < 1.29 is 9.50 Å². The molecule has 0 amide bonds. The molecule has 1 N–H and O–H groups in total. The molecule has 1 aliphatic carbocycles. The second kappa shape index (κ2) is 3.70. The van der Waals surface area contributed by atoms with Crippen molar-refractivity contribution in [3.63, 3.8) is 0 Å². The number of aliphatic hydroxyl groups excluding tert-OH is 1. The van der Waals surface area contributed by atoms with Gasteiger partial charge in [-0.2, -0.15) is 0 Å². The van der Waals surface area contributed by atoms with Gasteiger partial charge in [0.2, 0.25) is 0 Å². The highest BCUT2D eigenvalue weighted by molar-refractivity contribution is 5.36. The summed E-state index contributed by atoms with van der Waals surface area (Å²) < 4.78 is 13.3. The zero-order valence-corrected chi connectivity index (χ0v) is 8.33. The predicted octanol–water partition coefficient (Wildman–Crippen LogP) is 2.63. The number of aliphatic hydroxyl groups is 1. The second-order valence-electron chi connectivity index (χ2n) is 3.93. The molecule has 0 saturated heterocycles. The average molecular weight is 194 g/mol. The van der Waals surface area contributed by atoms with Gasteiger partial charge in [0.25, 0.3) is 0 Å². The summed E-state index contributed by atoms with van der Waals surface area (Å²) in [5, 5.41) is 9.77. The van der Waals surface area contributed by atoms with Crippen LogP contribution in [0.1, 0.15) is 36.8 Å². The molecule has 0 spiro atoms. The van der Waals surface area contributed by atoms with Crippen LogP contribution in [0.25, 0.3) is 0 Å². The number of fused-ring (bicyclic) bond motifs is 1. The van der Waals surface area contributed by atoms with Crippen molar-refractivity contribution in [2.75, 3.05) is 0 Å². The Morgan fingerprint density at radius 3 is 3.07 bits per heavy atom. The van der Waals surface area contributed by atoms with Gasteiger partial charge in [-0.25, -0.2) is 4.39 Å². The van der Waals surface area contributed by atoms with Gasteiger partial charge in [0, 0.05) is 5.92 Å². The smallest absolute Gasteiger partial charge is 0.126 e. The predicted molar refractivity (Wildman–Crippen MR) is 53.8 cm³/mol. The highest BCUT2D eigenvalue weighted by Gasteiger charge is 2.29. The fourth-order valence-corrected chi connectivity index (χ4v) is 2.33. The minimum Gasteiger partial charge on any atom is -0.393 e. The van der Waals surface area contributed by atoms with E-state index in [1.807, 2.05) is 13.0 Å². The van der Waals surface area contributed by atoms with Crippen LogP contribution in [0.4, 0.5) is 4.39 Å². The molecule has 0 aliphatic heterocycles. The Kier molecular flexibility index (Phi) is 2.55. The lowest BCUT2D eigenvalue weighted by Gasteiger charge is -2.17. The van der Waals surface area contributed by atoms with Crippen molar-refractivity contribution in [1.29, 1.82) is 0 Å². The summed E-state index contributed by atoms with van der Waals surface area (Å²) in [7, 11) is 0. The molecule has 0 saturated carbocycles. The summed E-state index contributed by atoms with van der Waals surface area (Å²) in [6.45, 7) is 1.96. The van der Waals surface area contributed by atoms with E-state index in [2.05, 4.69) is 0 Å². The van der Waals surface area contributed by atoms with E-state index >= 15 is 0 Å². The summed E-state index contributed by atoms with van der Waals surface area (Å²) in [5.74, 6) is 0.0269. The largest absolute Gasteiger partial charge is 0.393 e. The maximum Gasteiger partial charge on any atom is 0.126 e. The van der Waals surface area contributed by atoms with E-state index in [-0.39, 0.29) is 17.8 Å². The van der Waals surface area contributed by atoms with Gasteiger partial charge in [-0.05, 0) is 36.5 Å². The molecule has 1 aromatic rings. The Hall–Kier alpha value is -0.890. The van der Waals surface area contributed by atoms with Crippen LogP contribution in [0.2, 0.25) is 0 Å². The Bertz CT molecular complexity index is 335. The molecule has 76 valence electrons. The van der Waals surface area contributed by atoms with E-state index in [1.165, 1.54) is 6.07 Å². The first kappa shape index (κ1) is 9.66. The van der Waals surface area contributed by atoms with Crippen LogP contribution in [-0.2, 0) is 6.42 Å². The summed E-state index contributed by atoms with van der Waals surface area (Å²) in [6.07, 6.45) is 2.06. The molecule has 14 heavy (non-hydrogen) atoms. The fraction of sp³-hybridized carbons (Fsp3) is 0.500. The molecule has 0 aromatic heterocycles. The van der Waals surface area contributed by atoms with Crippen molar-refractivity contribution in [3.8, 4) is 0 Å². The third kappa shape index (κ3) is 1.44. The average Bonchev–Trinajstić information content (AvgIpc) is 2.62. The summed E-state index contributed by atoms with van der Waals surface area (Å²) in [6, 6.07) is 5.17. The molecule has 1 aromatic carbocycles. The van der Waals surface area contributed by atoms with Crippen molar-refractivity contribution in [2.24, 2.45) is 0 Å². The molecule has 0 radical (unpaired) electrons. The minimum absolute atomic E-state index is 0.117. The lowest BCUT2D eigenvalue weighted by molar-refractivity contribution is 0.139. The molecule has 0 heterocycles. The minimum atomic E-state index is -0.321. The maximum absolute atomic E-state index is 13.3. The molecule has 2 rings (SSSR count). The van der Waals surface area contributed by atoms with Gasteiger partial charge in [0.15, 0.2) is 0 Å². The van der Waals surface area contributed by atoms with Crippen molar-refractivity contribution in [2.45, 2.75) is 38.2 Å². The quantitative estimate of drug-likeness (QED) is 0.767. The number of benzene rings is 1. The van der Waals surface area contributed by atoms with Gasteiger partial charge in [0.05, 0.1) is 6.10 Å². The second-order valence-corrected chi connectivity index (χ2v) is 3.93. The number of hydrogen-bond acceptors (Lipinski definition) is 1. The topological polar surface area (TPSA) is 20.2 Å². The first-order chi connectivity index (χ1) is 6.74. The molecule has 0 fully saturated rings. The zero-order valence-electron chi connectivity index (χ0n) is 8.33. The molecular weight excluding hydrogens is 179 g/mol. The highest BCUT2D eigenvalue weighted by atomic mass is 19.1. The van der Waals surface area contributed by atoms with E-state index in [0.29, 0.717) is 0 Å². The normalized spacial score (nSPS) is 22.1. The maximum atomic E-state index is 13.3. The van der Waals surface area contributed by atoms with E-state index < -0.39 is 0 Å². The molecule has 0 bridgehead atoms. The molecule has 1 nitrogen and oxygen atoms in total. The van der Waals surface area contributed by atoms with Gasteiger partial charge in [-0.1, -0.05) is 19.1 Å². The van der Waals surface area contributed by atoms with Crippen LogP contribution in [0.15, 0.2) is 18.2 Å². The van der Waals surface area contributed by atoms with E-state index in [4.69, 9.17) is 0 Å². The first-order valence-electron chi connectivity index (χ1n) is 5.19. The van der Waals surface area contributed by atoms with Gasteiger partial charge < -0.3 is 5.11 Å². The SMILES string of the molecule is CCC(O)C1CCc2c(F)cccc21. The molecule has 2 heteroatoms. The van der Waals surface area contributed by atoms with E-state index in [0.717, 1.165) is 30.4 Å². The summed E-state index contributed by atoms with van der Waals surface area (Å²) >= 11 is 0. The van der Waals surface area contributed by atoms with Crippen LogP contribution in [-0.4, -0.2) is 11.2 Å². The van der Waals surface area contributed by atoms with Crippen molar-refractivity contribution in [1.82, 2.24) is 0 Å². The third-order valence-electron chi connectivity index (χ3n) is 3.14. The van der Waals surface area contributed by atoms with Crippen LogP contribution in [0, 0.1) is 5.82 Å². The molecule has 1 aliphatic rings. The first-order valence-corrected chi connectivity index (χ1v) is 5.19. The Labute approximate surface area is 83.6 Å². The van der Waals surface area contributed by atoms with Gasteiger partial charge in [-0.15, -0.1) is 0 Å². The van der Waals surface area contributed by atoms with Crippen LogP contribution in [0.3, 0.4) is 0 Å². The van der Waals surface area contributed by atoms with Gasteiger partial charge in [-0.3, -0.25) is 0 Å². The van der Waals surface area contributed by atoms with Crippen LogP contribution in [0.5, 0.6) is 0 Å².